The molecule has 4 aromatic rings. The monoisotopic (exact) mass is 458 g/mol. The molecule has 8 nitrogen and oxygen atoms in total. The maximum Gasteiger partial charge on any atom is 0.255 e. The zero-order chi connectivity index (χ0) is 23.2. The Kier molecular flexibility index (Phi) is 6.80. The number of carbonyl (C=O) groups is 2. The Morgan fingerprint density at radius 1 is 0.909 bits per heavy atom. The number of amides is 2. The molecule has 0 saturated heterocycles. The van der Waals surface area contributed by atoms with Gasteiger partial charge in [0.2, 0.25) is 5.91 Å². The fraction of sp³-hybridized carbons (Fsp3) is 0.125. The number of aryl methyl sites for hydroxylation is 1. The Balaban J connectivity index is 1.31. The highest BCUT2D eigenvalue weighted by Crippen LogP contribution is 2.22. The lowest BCUT2D eigenvalue weighted by Gasteiger charge is -2.09. The summed E-state index contributed by atoms with van der Waals surface area (Å²) in [4.78, 5) is 28.8. The number of aromatic nitrogens is 4. The number of hydrogen-bond acceptors (Lipinski definition) is 6. The van der Waals surface area contributed by atoms with Gasteiger partial charge in [-0.25, -0.2) is 0 Å². The molecule has 2 aromatic carbocycles. The maximum absolute atomic E-state index is 12.4. The minimum atomic E-state index is -0.170. The maximum atomic E-state index is 12.4. The topological polar surface area (TPSA) is 102 Å². The van der Waals surface area contributed by atoms with Crippen LogP contribution < -0.4 is 10.6 Å². The lowest BCUT2D eigenvalue weighted by molar-refractivity contribution is -0.113. The highest BCUT2D eigenvalue weighted by Gasteiger charge is 2.13. The second kappa shape index (κ2) is 10.1. The van der Waals surface area contributed by atoms with E-state index < -0.39 is 0 Å². The molecule has 0 aliphatic rings. The Bertz CT molecular complexity index is 1270. The first-order chi connectivity index (χ1) is 16.0. The van der Waals surface area contributed by atoms with Crippen molar-refractivity contribution in [1.82, 2.24) is 19.7 Å². The molecule has 0 aliphatic heterocycles. The third-order valence-corrected chi connectivity index (χ3v) is 5.94. The average molecular weight is 459 g/mol. The Morgan fingerprint density at radius 2 is 1.58 bits per heavy atom. The van der Waals surface area contributed by atoms with E-state index in [9.17, 15) is 9.59 Å². The summed E-state index contributed by atoms with van der Waals surface area (Å²) in [6.07, 6.45) is 3.40. The van der Waals surface area contributed by atoms with Crippen LogP contribution in [0, 0.1) is 6.92 Å². The zero-order valence-electron chi connectivity index (χ0n) is 18.1. The summed E-state index contributed by atoms with van der Waals surface area (Å²) < 4.78 is 1.85. The summed E-state index contributed by atoms with van der Waals surface area (Å²) in [6.45, 7) is 1.90. The number of rotatable bonds is 7. The Labute approximate surface area is 195 Å². The third kappa shape index (κ3) is 5.45. The predicted octanol–water partition coefficient (Wildman–Crippen LogP) is 4.17. The van der Waals surface area contributed by atoms with Gasteiger partial charge in [-0.1, -0.05) is 30.0 Å². The van der Waals surface area contributed by atoms with Crippen LogP contribution in [0.5, 0.6) is 0 Å². The van der Waals surface area contributed by atoms with Gasteiger partial charge in [0.25, 0.3) is 5.91 Å². The fourth-order valence-corrected chi connectivity index (χ4v) is 3.89. The molecule has 4 rings (SSSR count). The van der Waals surface area contributed by atoms with Crippen molar-refractivity contribution in [2.24, 2.45) is 7.05 Å². The largest absolute Gasteiger partial charge is 0.325 e. The molecule has 0 fully saturated rings. The molecule has 2 N–H and O–H groups in total. The van der Waals surface area contributed by atoms with Crippen molar-refractivity contribution >= 4 is 35.0 Å². The number of carbonyl (C=O) groups excluding carboxylic acids is 2. The lowest BCUT2D eigenvalue weighted by Crippen LogP contribution is -2.15. The van der Waals surface area contributed by atoms with E-state index in [4.69, 9.17) is 0 Å². The normalized spacial score (nSPS) is 10.6. The van der Waals surface area contributed by atoms with Gasteiger partial charge in [-0.15, -0.1) is 10.2 Å². The van der Waals surface area contributed by atoms with Crippen LogP contribution in [0.4, 0.5) is 11.4 Å². The van der Waals surface area contributed by atoms with Crippen LogP contribution in [0.25, 0.3) is 11.4 Å². The molecule has 9 heteroatoms. The number of nitrogens with zero attached hydrogens (tertiary/aromatic N) is 4. The third-order valence-electron chi connectivity index (χ3n) is 4.92. The number of pyridine rings is 1. The molecular weight excluding hydrogens is 436 g/mol. The van der Waals surface area contributed by atoms with Gasteiger partial charge >= 0.3 is 0 Å². The van der Waals surface area contributed by atoms with Gasteiger partial charge in [0.15, 0.2) is 11.0 Å². The smallest absolute Gasteiger partial charge is 0.255 e. The van der Waals surface area contributed by atoms with E-state index in [1.807, 2.05) is 48.9 Å². The minimum absolute atomic E-state index is 0.162. The van der Waals surface area contributed by atoms with Crippen molar-refractivity contribution in [1.29, 1.82) is 0 Å². The lowest BCUT2D eigenvalue weighted by atomic mass is 10.1. The van der Waals surface area contributed by atoms with Gasteiger partial charge in [0.1, 0.15) is 0 Å². The van der Waals surface area contributed by atoms with E-state index in [-0.39, 0.29) is 17.6 Å². The zero-order valence-corrected chi connectivity index (χ0v) is 19.0. The van der Waals surface area contributed by atoms with E-state index in [1.54, 1.807) is 42.7 Å². The summed E-state index contributed by atoms with van der Waals surface area (Å²) in [5.74, 6) is 0.568. The predicted molar refractivity (Wildman–Crippen MR) is 129 cm³/mol. The van der Waals surface area contributed by atoms with E-state index >= 15 is 0 Å². The van der Waals surface area contributed by atoms with Crippen molar-refractivity contribution in [2.45, 2.75) is 12.1 Å². The standard InChI is InChI=1S/C24H22N6O2S/c1-16-5-3-4-6-20(16)23(32)27-19-9-7-18(8-10-19)26-21(31)15-33-24-29-28-22(30(24)2)17-11-13-25-14-12-17/h3-14H,15H2,1-2H3,(H,26,31)(H,27,32). The minimum Gasteiger partial charge on any atom is -0.325 e. The average Bonchev–Trinajstić information content (AvgIpc) is 3.20. The number of benzene rings is 2. The molecular formula is C24H22N6O2S. The first kappa shape index (κ1) is 22.2. The molecule has 2 aromatic heterocycles. The van der Waals surface area contributed by atoms with Crippen LogP contribution in [0.1, 0.15) is 15.9 Å². The molecule has 2 amide bonds. The van der Waals surface area contributed by atoms with Gasteiger partial charge in [0.05, 0.1) is 5.75 Å². The number of anilines is 2. The molecule has 0 radical (unpaired) electrons. The summed E-state index contributed by atoms with van der Waals surface area (Å²) in [6, 6.07) is 18.1. The van der Waals surface area contributed by atoms with Crippen molar-refractivity contribution in [3.63, 3.8) is 0 Å². The summed E-state index contributed by atoms with van der Waals surface area (Å²) >= 11 is 1.31. The molecule has 0 aliphatic carbocycles. The van der Waals surface area contributed by atoms with Crippen LogP contribution in [0.15, 0.2) is 78.2 Å². The molecule has 33 heavy (non-hydrogen) atoms. The second-order valence-corrected chi connectivity index (χ2v) is 8.23. The quantitative estimate of drug-likeness (QED) is 0.403. The van der Waals surface area contributed by atoms with Crippen LogP contribution >= 0.6 is 11.8 Å². The van der Waals surface area contributed by atoms with Crippen molar-refractivity contribution in [3.8, 4) is 11.4 Å². The Hall–Kier alpha value is -3.98. The van der Waals surface area contributed by atoms with Gasteiger partial charge < -0.3 is 15.2 Å². The van der Waals surface area contributed by atoms with Gasteiger partial charge in [-0.05, 0) is 55.0 Å². The van der Waals surface area contributed by atoms with E-state index in [2.05, 4.69) is 25.8 Å². The van der Waals surface area contributed by atoms with Gasteiger partial charge in [-0.3, -0.25) is 14.6 Å². The number of nitrogens with one attached hydrogen (secondary N) is 2. The SMILES string of the molecule is Cc1ccccc1C(=O)Nc1ccc(NC(=O)CSc2nnc(-c3ccncc3)n2C)cc1. The first-order valence-corrected chi connectivity index (χ1v) is 11.2. The fourth-order valence-electron chi connectivity index (χ4n) is 3.18. The van der Waals surface area contributed by atoms with Crippen LogP contribution in [-0.4, -0.2) is 37.3 Å². The molecule has 0 spiro atoms. The van der Waals surface area contributed by atoms with E-state index in [1.165, 1.54) is 11.8 Å². The summed E-state index contributed by atoms with van der Waals surface area (Å²) in [7, 11) is 1.86. The van der Waals surface area contributed by atoms with Crippen LogP contribution in [0.2, 0.25) is 0 Å². The second-order valence-electron chi connectivity index (χ2n) is 7.28. The van der Waals surface area contributed by atoms with Gasteiger partial charge in [0, 0.05) is 41.9 Å². The van der Waals surface area contributed by atoms with E-state index in [0.29, 0.717) is 27.9 Å². The van der Waals surface area contributed by atoms with Crippen molar-refractivity contribution in [3.05, 3.63) is 84.2 Å². The van der Waals surface area contributed by atoms with Crippen LogP contribution in [0.3, 0.4) is 0 Å². The molecule has 2 heterocycles. The Morgan fingerprint density at radius 3 is 2.27 bits per heavy atom. The van der Waals surface area contributed by atoms with Crippen LogP contribution in [-0.2, 0) is 11.8 Å². The van der Waals surface area contributed by atoms with Gasteiger partial charge in [-0.2, -0.15) is 0 Å². The van der Waals surface area contributed by atoms with Crippen molar-refractivity contribution in [2.75, 3.05) is 16.4 Å². The van der Waals surface area contributed by atoms with Crippen molar-refractivity contribution < 1.29 is 9.59 Å². The number of hydrogen-bond donors (Lipinski definition) is 2. The molecule has 166 valence electrons. The summed E-state index contributed by atoms with van der Waals surface area (Å²) in [5.41, 5.74) is 3.74. The highest BCUT2D eigenvalue weighted by atomic mass is 32.2. The molecule has 0 atom stereocenters. The molecule has 0 unspecified atom stereocenters. The summed E-state index contributed by atoms with van der Waals surface area (Å²) in [5, 5.41) is 14.8. The first-order valence-electron chi connectivity index (χ1n) is 10.2. The number of thioether (sulfide) groups is 1. The molecule has 0 saturated carbocycles. The van der Waals surface area contributed by atoms with E-state index in [0.717, 1.165) is 11.1 Å². The molecule has 0 bridgehead atoms. The highest BCUT2D eigenvalue weighted by molar-refractivity contribution is 7.99.